The minimum atomic E-state index is -0.978. The molecule has 0 aliphatic carbocycles. The van der Waals surface area contributed by atoms with E-state index in [2.05, 4.69) is 4.74 Å². The third-order valence-corrected chi connectivity index (χ3v) is 1.97. The summed E-state index contributed by atoms with van der Waals surface area (Å²) >= 11 is 0. The number of carboxylic acids is 1. The van der Waals surface area contributed by atoms with Gasteiger partial charge in [-0.2, -0.15) is 0 Å². The number of carbonyl (C=O) groups is 2. The van der Waals surface area contributed by atoms with Crippen molar-refractivity contribution in [3.8, 4) is 0 Å². The van der Waals surface area contributed by atoms with E-state index in [1.54, 1.807) is 0 Å². The highest BCUT2D eigenvalue weighted by atomic mass is 16.5. The Kier molecular flexibility index (Phi) is 3.70. The van der Waals surface area contributed by atoms with Crippen molar-refractivity contribution in [1.82, 2.24) is 4.90 Å². The maximum absolute atomic E-state index is 10.9. The van der Waals surface area contributed by atoms with Gasteiger partial charge in [-0.05, 0) is 0 Å². The summed E-state index contributed by atoms with van der Waals surface area (Å²) in [4.78, 5) is 22.5. The molecule has 1 rings (SSSR count). The average molecular weight is 203 g/mol. The predicted octanol–water partition coefficient (Wildman–Crippen LogP) is -0.214. The van der Waals surface area contributed by atoms with Crippen LogP contribution in [0.2, 0.25) is 0 Å². The normalized spacial score (nSPS) is 16.2. The van der Waals surface area contributed by atoms with E-state index in [0.29, 0.717) is 19.7 Å². The maximum atomic E-state index is 10.9. The second kappa shape index (κ2) is 4.80. The average Bonchev–Trinajstić information content (AvgIpc) is 2.07. The maximum Gasteiger partial charge on any atom is 0.409 e. The molecule has 0 saturated carbocycles. The topological polar surface area (TPSA) is 76.1 Å². The molecule has 14 heavy (non-hydrogen) atoms. The quantitative estimate of drug-likeness (QED) is 0.684. The Morgan fingerprint density at radius 3 is 2.64 bits per heavy atom. The molecule has 1 fully saturated rings. The number of methoxy groups -OCH3 is 1. The van der Waals surface area contributed by atoms with Gasteiger partial charge >= 0.3 is 12.1 Å². The van der Waals surface area contributed by atoms with Crippen molar-refractivity contribution in [2.75, 3.05) is 33.4 Å². The Morgan fingerprint density at radius 1 is 1.50 bits per heavy atom. The van der Waals surface area contributed by atoms with Crippen molar-refractivity contribution in [3.63, 3.8) is 0 Å². The van der Waals surface area contributed by atoms with Gasteiger partial charge < -0.3 is 19.5 Å². The monoisotopic (exact) mass is 203 g/mol. The number of carboxylic acid groups (broad SMARTS) is 1. The number of likely N-dealkylation sites (tertiary alicyclic amines) is 1. The minimum Gasteiger partial charge on any atom is -0.480 e. The number of rotatable bonds is 4. The second-order valence-corrected chi connectivity index (χ2v) is 3.15. The Bertz CT molecular complexity index is 224. The zero-order chi connectivity index (χ0) is 10.6. The van der Waals surface area contributed by atoms with Crippen LogP contribution < -0.4 is 0 Å². The van der Waals surface area contributed by atoms with Crippen LogP contribution in [0, 0.1) is 5.92 Å². The molecule has 0 atom stereocenters. The van der Waals surface area contributed by atoms with Crippen molar-refractivity contribution >= 4 is 12.1 Å². The van der Waals surface area contributed by atoms with Crippen molar-refractivity contribution < 1.29 is 24.2 Å². The fraction of sp³-hybridized carbons (Fsp3) is 0.750. The standard InChI is InChI=1S/C8H13NO5/c1-13-8(12)9-2-6(3-9)4-14-5-7(10)11/h6H,2-5H2,1H3,(H,10,11). The number of nitrogens with zero attached hydrogens (tertiary/aromatic N) is 1. The summed E-state index contributed by atoms with van der Waals surface area (Å²) in [7, 11) is 1.33. The van der Waals surface area contributed by atoms with Crippen molar-refractivity contribution in [3.05, 3.63) is 0 Å². The van der Waals surface area contributed by atoms with E-state index in [-0.39, 0.29) is 18.6 Å². The largest absolute Gasteiger partial charge is 0.480 e. The Hall–Kier alpha value is -1.30. The first kappa shape index (κ1) is 10.8. The lowest BCUT2D eigenvalue weighted by molar-refractivity contribution is -0.143. The van der Waals surface area contributed by atoms with E-state index in [9.17, 15) is 9.59 Å². The van der Waals surface area contributed by atoms with Gasteiger partial charge in [-0.3, -0.25) is 0 Å². The summed E-state index contributed by atoms with van der Waals surface area (Å²) in [5, 5.41) is 8.29. The molecule has 6 heteroatoms. The van der Waals surface area contributed by atoms with Gasteiger partial charge in [0.2, 0.25) is 0 Å². The van der Waals surface area contributed by atoms with Crippen LogP contribution in [-0.2, 0) is 14.3 Å². The van der Waals surface area contributed by atoms with E-state index in [0.717, 1.165) is 0 Å². The fourth-order valence-corrected chi connectivity index (χ4v) is 1.27. The van der Waals surface area contributed by atoms with Gasteiger partial charge in [0.15, 0.2) is 0 Å². The molecule has 0 radical (unpaired) electrons. The molecule has 0 bridgehead atoms. The molecule has 6 nitrogen and oxygen atoms in total. The Balaban J connectivity index is 2.04. The van der Waals surface area contributed by atoms with Gasteiger partial charge in [-0.15, -0.1) is 0 Å². The number of carbonyl (C=O) groups excluding carboxylic acids is 1. The van der Waals surface area contributed by atoms with Crippen molar-refractivity contribution in [1.29, 1.82) is 0 Å². The van der Waals surface area contributed by atoms with Crippen LogP contribution in [0.4, 0.5) is 4.79 Å². The van der Waals surface area contributed by atoms with E-state index in [1.165, 1.54) is 12.0 Å². The molecule has 0 unspecified atom stereocenters. The van der Waals surface area contributed by atoms with Crippen LogP contribution in [0.15, 0.2) is 0 Å². The molecule has 1 N–H and O–H groups in total. The van der Waals surface area contributed by atoms with Gasteiger partial charge in [0.1, 0.15) is 6.61 Å². The first-order chi connectivity index (χ1) is 6.63. The fourth-order valence-electron chi connectivity index (χ4n) is 1.27. The van der Waals surface area contributed by atoms with Crippen LogP contribution in [0.1, 0.15) is 0 Å². The molecule has 80 valence electrons. The van der Waals surface area contributed by atoms with Gasteiger partial charge in [0.05, 0.1) is 13.7 Å². The third kappa shape index (κ3) is 2.88. The van der Waals surface area contributed by atoms with Crippen LogP contribution in [0.3, 0.4) is 0 Å². The van der Waals surface area contributed by atoms with Gasteiger partial charge in [-0.25, -0.2) is 9.59 Å². The van der Waals surface area contributed by atoms with Crippen LogP contribution in [-0.4, -0.2) is 55.5 Å². The van der Waals surface area contributed by atoms with E-state index < -0.39 is 5.97 Å². The molecule has 1 heterocycles. The van der Waals surface area contributed by atoms with Gasteiger partial charge in [-0.1, -0.05) is 0 Å². The Labute approximate surface area is 81.4 Å². The lowest BCUT2D eigenvalue weighted by atomic mass is 10.0. The third-order valence-electron chi connectivity index (χ3n) is 1.97. The zero-order valence-electron chi connectivity index (χ0n) is 7.93. The first-order valence-corrected chi connectivity index (χ1v) is 4.26. The zero-order valence-corrected chi connectivity index (χ0v) is 7.93. The van der Waals surface area contributed by atoms with Gasteiger partial charge in [0, 0.05) is 19.0 Å². The summed E-state index contributed by atoms with van der Waals surface area (Å²) in [5.41, 5.74) is 0. The summed E-state index contributed by atoms with van der Waals surface area (Å²) in [6, 6.07) is 0. The highest BCUT2D eigenvalue weighted by molar-refractivity contribution is 5.68. The minimum absolute atomic E-state index is 0.230. The SMILES string of the molecule is COC(=O)N1CC(COCC(=O)O)C1. The summed E-state index contributed by atoms with van der Waals surface area (Å²) in [6.45, 7) is 1.24. The number of amides is 1. The molecular formula is C8H13NO5. The molecule has 1 amide bonds. The lowest BCUT2D eigenvalue weighted by Gasteiger charge is -2.37. The van der Waals surface area contributed by atoms with Gasteiger partial charge in [0.25, 0.3) is 0 Å². The molecule has 1 aliphatic rings. The highest BCUT2D eigenvalue weighted by Crippen LogP contribution is 2.16. The van der Waals surface area contributed by atoms with E-state index in [1.807, 2.05) is 0 Å². The van der Waals surface area contributed by atoms with Crippen LogP contribution in [0.5, 0.6) is 0 Å². The molecule has 1 saturated heterocycles. The molecule has 0 aromatic heterocycles. The Morgan fingerprint density at radius 2 is 2.14 bits per heavy atom. The first-order valence-electron chi connectivity index (χ1n) is 4.26. The number of aliphatic carboxylic acids is 1. The summed E-state index contributed by atoms with van der Waals surface area (Å²) < 4.78 is 9.38. The predicted molar refractivity (Wildman–Crippen MR) is 45.9 cm³/mol. The van der Waals surface area contributed by atoms with Crippen molar-refractivity contribution in [2.24, 2.45) is 5.92 Å². The number of ether oxygens (including phenoxy) is 2. The molecule has 0 aromatic rings. The molecule has 0 aromatic carbocycles. The van der Waals surface area contributed by atoms with Crippen molar-refractivity contribution in [2.45, 2.75) is 0 Å². The smallest absolute Gasteiger partial charge is 0.409 e. The molecule has 0 spiro atoms. The molecular weight excluding hydrogens is 190 g/mol. The van der Waals surface area contributed by atoms with E-state index >= 15 is 0 Å². The van der Waals surface area contributed by atoms with Crippen LogP contribution in [0.25, 0.3) is 0 Å². The summed E-state index contributed by atoms with van der Waals surface area (Å²) in [5.74, 6) is -0.748. The molecule has 1 aliphatic heterocycles. The van der Waals surface area contributed by atoms with Crippen LogP contribution >= 0.6 is 0 Å². The highest BCUT2D eigenvalue weighted by Gasteiger charge is 2.31. The summed E-state index contributed by atoms with van der Waals surface area (Å²) in [6.07, 6.45) is -0.348. The number of hydrogen-bond acceptors (Lipinski definition) is 4. The lowest BCUT2D eigenvalue weighted by Crippen LogP contribution is -2.51. The second-order valence-electron chi connectivity index (χ2n) is 3.15. The van der Waals surface area contributed by atoms with E-state index in [4.69, 9.17) is 9.84 Å². The number of hydrogen-bond donors (Lipinski definition) is 1.